The van der Waals surface area contributed by atoms with E-state index in [4.69, 9.17) is 33.0 Å². The molecule has 3 nitrogen and oxygen atoms in total. The van der Waals surface area contributed by atoms with Crippen molar-refractivity contribution in [2.75, 3.05) is 0 Å². The maximum atomic E-state index is 13.3. The first-order chi connectivity index (χ1) is 9.49. The number of benzene rings is 2. The smallest absolute Gasteiger partial charge is 0.341 e. The predicted octanol–water partition coefficient (Wildman–Crippen LogP) is 4.41. The number of hydrogen-bond acceptors (Lipinski definition) is 2. The first kappa shape index (κ1) is 14.6. The van der Waals surface area contributed by atoms with Crippen molar-refractivity contribution >= 4 is 29.2 Å². The molecule has 0 saturated carbocycles. The van der Waals surface area contributed by atoms with Gasteiger partial charge in [0.2, 0.25) is 0 Å². The fraction of sp³-hybridized carbons (Fsp3) is 0.0714. The Morgan fingerprint density at radius 1 is 1.20 bits per heavy atom. The van der Waals surface area contributed by atoms with E-state index < -0.39 is 11.8 Å². The monoisotopic (exact) mass is 314 g/mol. The number of carboxylic acids is 1. The molecule has 0 aliphatic carbocycles. The standard InChI is InChI=1S/C14H9Cl2FO3/c15-9-5-4-8(6-11(9)17)7-20-12-3-1-2-10(16)13(12)14(18)19/h1-6H,7H2,(H,18,19). The van der Waals surface area contributed by atoms with E-state index in [-0.39, 0.29) is 28.0 Å². The quantitative estimate of drug-likeness (QED) is 0.909. The van der Waals surface area contributed by atoms with E-state index in [0.29, 0.717) is 5.56 Å². The Hall–Kier alpha value is -1.78. The topological polar surface area (TPSA) is 46.5 Å². The Kier molecular flexibility index (Phi) is 4.47. The van der Waals surface area contributed by atoms with Crippen molar-refractivity contribution in [3.05, 3.63) is 63.4 Å². The fourth-order valence-electron chi connectivity index (χ4n) is 1.62. The summed E-state index contributed by atoms with van der Waals surface area (Å²) in [5.41, 5.74) is 0.409. The van der Waals surface area contributed by atoms with Crippen LogP contribution < -0.4 is 4.74 Å². The molecule has 0 aromatic heterocycles. The molecule has 0 unspecified atom stereocenters. The average Bonchev–Trinajstić information content (AvgIpc) is 2.39. The van der Waals surface area contributed by atoms with Crippen LogP contribution in [-0.2, 0) is 6.61 Å². The molecule has 0 heterocycles. The third kappa shape index (κ3) is 3.21. The van der Waals surface area contributed by atoms with Crippen LogP contribution in [0, 0.1) is 5.82 Å². The van der Waals surface area contributed by atoms with E-state index in [2.05, 4.69) is 0 Å². The van der Waals surface area contributed by atoms with Crippen LogP contribution in [0.3, 0.4) is 0 Å². The molecule has 2 aromatic rings. The van der Waals surface area contributed by atoms with Crippen LogP contribution in [0.4, 0.5) is 4.39 Å². The van der Waals surface area contributed by atoms with Gasteiger partial charge in [-0.3, -0.25) is 0 Å². The van der Waals surface area contributed by atoms with Gasteiger partial charge >= 0.3 is 5.97 Å². The molecule has 2 aromatic carbocycles. The number of halogens is 3. The molecule has 6 heteroatoms. The molecule has 20 heavy (non-hydrogen) atoms. The molecule has 0 aliphatic rings. The highest BCUT2D eigenvalue weighted by Crippen LogP contribution is 2.27. The van der Waals surface area contributed by atoms with E-state index in [1.807, 2.05) is 0 Å². The summed E-state index contributed by atoms with van der Waals surface area (Å²) in [7, 11) is 0. The molecule has 0 spiro atoms. The van der Waals surface area contributed by atoms with E-state index in [9.17, 15) is 9.18 Å². The third-order valence-corrected chi connectivity index (χ3v) is 3.19. The Labute approximate surface area is 124 Å². The van der Waals surface area contributed by atoms with Crippen molar-refractivity contribution < 1.29 is 19.0 Å². The van der Waals surface area contributed by atoms with Crippen molar-refractivity contribution in [2.45, 2.75) is 6.61 Å². The number of hydrogen-bond donors (Lipinski definition) is 1. The summed E-state index contributed by atoms with van der Waals surface area (Å²) in [6.07, 6.45) is 0. The van der Waals surface area contributed by atoms with Crippen molar-refractivity contribution in [3.8, 4) is 5.75 Å². The Balaban J connectivity index is 2.21. The SMILES string of the molecule is O=C(O)c1c(Cl)cccc1OCc1ccc(Cl)c(F)c1. The lowest BCUT2D eigenvalue weighted by Gasteiger charge is -2.10. The van der Waals surface area contributed by atoms with Gasteiger partial charge in [-0.25, -0.2) is 9.18 Å². The maximum absolute atomic E-state index is 13.3. The molecule has 0 radical (unpaired) electrons. The molecular weight excluding hydrogens is 306 g/mol. The van der Waals surface area contributed by atoms with Gasteiger partial charge < -0.3 is 9.84 Å². The summed E-state index contributed by atoms with van der Waals surface area (Å²) in [4.78, 5) is 11.1. The lowest BCUT2D eigenvalue weighted by molar-refractivity contribution is 0.0692. The number of aromatic carboxylic acids is 1. The number of carbonyl (C=O) groups is 1. The summed E-state index contributed by atoms with van der Waals surface area (Å²) in [6.45, 7) is 0.00864. The minimum atomic E-state index is -1.19. The van der Waals surface area contributed by atoms with E-state index in [0.717, 1.165) is 0 Å². The zero-order valence-corrected chi connectivity index (χ0v) is 11.6. The van der Waals surface area contributed by atoms with Crippen LogP contribution in [-0.4, -0.2) is 11.1 Å². The van der Waals surface area contributed by atoms with Crippen LogP contribution >= 0.6 is 23.2 Å². The van der Waals surface area contributed by atoms with Crippen molar-refractivity contribution in [1.82, 2.24) is 0 Å². The molecule has 0 amide bonds. The van der Waals surface area contributed by atoms with Crippen molar-refractivity contribution in [2.24, 2.45) is 0 Å². The largest absolute Gasteiger partial charge is 0.488 e. The minimum absolute atomic E-state index is 0.00864. The maximum Gasteiger partial charge on any atom is 0.341 e. The predicted molar refractivity (Wildman–Crippen MR) is 74.2 cm³/mol. The zero-order valence-electron chi connectivity index (χ0n) is 10.1. The normalized spacial score (nSPS) is 10.3. The van der Waals surface area contributed by atoms with Gasteiger partial charge in [-0.05, 0) is 29.8 Å². The Morgan fingerprint density at radius 2 is 1.95 bits per heavy atom. The number of carboxylic acid groups (broad SMARTS) is 1. The molecule has 1 N–H and O–H groups in total. The highest BCUT2D eigenvalue weighted by Gasteiger charge is 2.15. The van der Waals surface area contributed by atoms with E-state index in [1.165, 1.54) is 24.3 Å². The average molecular weight is 315 g/mol. The lowest BCUT2D eigenvalue weighted by atomic mass is 10.2. The second-order valence-corrected chi connectivity index (χ2v) is 4.77. The molecule has 0 fully saturated rings. The van der Waals surface area contributed by atoms with E-state index in [1.54, 1.807) is 12.1 Å². The molecule has 0 atom stereocenters. The van der Waals surface area contributed by atoms with Gasteiger partial charge in [0, 0.05) is 0 Å². The van der Waals surface area contributed by atoms with Gasteiger partial charge in [0.1, 0.15) is 23.7 Å². The fourth-order valence-corrected chi connectivity index (χ4v) is 1.99. The first-order valence-corrected chi connectivity index (χ1v) is 6.33. The highest BCUT2D eigenvalue weighted by molar-refractivity contribution is 6.33. The van der Waals surface area contributed by atoms with Gasteiger partial charge in [0.25, 0.3) is 0 Å². The van der Waals surface area contributed by atoms with Gasteiger partial charge in [-0.1, -0.05) is 35.3 Å². The second-order valence-electron chi connectivity index (χ2n) is 3.96. The van der Waals surface area contributed by atoms with Crippen molar-refractivity contribution in [1.29, 1.82) is 0 Å². The summed E-state index contributed by atoms with van der Waals surface area (Å²) >= 11 is 11.4. The molecule has 0 saturated heterocycles. The number of rotatable bonds is 4. The van der Waals surface area contributed by atoms with Gasteiger partial charge in [0.05, 0.1) is 10.0 Å². The molecule has 104 valence electrons. The zero-order chi connectivity index (χ0) is 14.7. The van der Waals surface area contributed by atoms with Crippen molar-refractivity contribution in [3.63, 3.8) is 0 Å². The molecular formula is C14H9Cl2FO3. The van der Waals surface area contributed by atoms with Gasteiger partial charge in [-0.2, -0.15) is 0 Å². The first-order valence-electron chi connectivity index (χ1n) is 5.57. The molecule has 0 bridgehead atoms. The minimum Gasteiger partial charge on any atom is -0.488 e. The van der Waals surface area contributed by atoms with Crippen LogP contribution in [0.25, 0.3) is 0 Å². The summed E-state index contributed by atoms with van der Waals surface area (Å²) in [5.74, 6) is -1.62. The van der Waals surface area contributed by atoms with Gasteiger partial charge in [0.15, 0.2) is 0 Å². The van der Waals surface area contributed by atoms with E-state index >= 15 is 0 Å². The van der Waals surface area contributed by atoms with Crippen LogP contribution in [0.2, 0.25) is 10.0 Å². The lowest BCUT2D eigenvalue weighted by Crippen LogP contribution is -2.04. The van der Waals surface area contributed by atoms with Crippen LogP contribution in [0.5, 0.6) is 5.75 Å². The third-order valence-electron chi connectivity index (χ3n) is 2.57. The number of ether oxygens (including phenoxy) is 1. The Morgan fingerprint density at radius 3 is 2.60 bits per heavy atom. The molecule has 0 aliphatic heterocycles. The van der Waals surface area contributed by atoms with Gasteiger partial charge in [-0.15, -0.1) is 0 Å². The summed E-state index contributed by atoms with van der Waals surface area (Å²) in [6, 6.07) is 8.75. The second kappa shape index (κ2) is 6.11. The summed E-state index contributed by atoms with van der Waals surface area (Å²) < 4.78 is 18.7. The molecule has 2 rings (SSSR count). The van der Waals surface area contributed by atoms with Crippen LogP contribution in [0.1, 0.15) is 15.9 Å². The summed E-state index contributed by atoms with van der Waals surface area (Å²) in [5, 5.41) is 9.18. The Bertz CT molecular complexity index is 659. The van der Waals surface area contributed by atoms with Crippen LogP contribution in [0.15, 0.2) is 36.4 Å². The highest BCUT2D eigenvalue weighted by atomic mass is 35.5.